The first-order chi connectivity index (χ1) is 9.96. The summed E-state index contributed by atoms with van der Waals surface area (Å²) in [5, 5.41) is 11.5. The van der Waals surface area contributed by atoms with E-state index in [0.717, 1.165) is 31.8 Å². The maximum Gasteiger partial charge on any atom is 0.328 e. The Labute approximate surface area is 122 Å². The number of carbonyl (C=O) groups excluding carboxylic acids is 1. The fourth-order valence-corrected chi connectivity index (χ4v) is 2.47. The Morgan fingerprint density at radius 3 is 2.67 bits per heavy atom. The van der Waals surface area contributed by atoms with Crippen molar-refractivity contribution in [1.29, 1.82) is 0 Å². The average molecular weight is 291 g/mol. The quantitative estimate of drug-likeness (QED) is 0.820. The zero-order valence-electron chi connectivity index (χ0n) is 11.9. The molecule has 0 aromatic heterocycles. The van der Waals surface area contributed by atoms with Gasteiger partial charge in [0.2, 0.25) is 0 Å². The van der Waals surface area contributed by atoms with Crippen LogP contribution in [0, 0.1) is 5.82 Å². The van der Waals surface area contributed by atoms with Crippen LogP contribution in [0.5, 0.6) is 0 Å². The minimum absolute atomic E-state index is 0.0535. The highest BCUT2D eigenvalue weighted by atomic mass is 19.1. The number of carboxylic acids is 1. The number of carbonyl (C=O) groups is 2. The maximum atomic E-state index is 13.8. The van der Waals surface area contributed by atoms with Crippen LogP contribution < -0.4 is 5.32 Å². The van der Waals surface area contributed by atoms with E-state index in [0.29, 0.717) is 5.56 Å². The van der Waals surface area contributed by atoms with Crippen LogP contribution in [0.25, 0.3) is 6.08 Å². The van der Waals surface area contributed by atoms with Crippen LogP contribution in [0.2, 0.25) is 0 Å². The van der Waals surface area contributed by atoms with Crippen molar-refractivity contribution in [2.24, 2.45) is 0 Å². The predicted octanol–water partition coefficient (Wildman–Crippen LogP) is 2.99. The van der Waals surface area contributed by atoms with Crippen LogP contribution in [-0.4, -0.2) is 22.5 Å². The fraction of sp³-hybridized carbons (Fsp3) is 0.375. The van der Waals surface area contributed by atoms with Crippen molar-refractivity contribution in [3.8, 4) is 0 Å². The zero-order valence-corrected chi connectivity index (χ0v) is 11.9. The Balaban J connectivity index is 2.19. The van der Waals surface area contributed by atoms with Gasteiger partial charge in [0.1, 0.15) is 5.82 Å². The standard InChI is InChI=1S/C16H18FNO3/c1-2-16(8-3-9-16)18-15(21)12-10-11(4-6-13(12)17)5-7-14(19)20/h4-7,10H,2-3,8-9H2,1H3,(H,18,21)(H,19,20)/b7-5+. The van der Waals surface area contributed by atoms with Gasteiger partial charge in [0.15, 0.2) is 0 Å². The summed E-state index contributed by atoms with van der Waals surface area (Å²) in [6.45, 7) is 2.00. The van der Waals surface area contributed by atoms with E-state index in [9.17, 15) is 14.0 Å². The number of hydrogen-bond acceptors (Lipinski definition) is 2. The minimum atomic E-state index is -1.09. The summed E-state index contributed by atoms with van der Waals surface area (Å²) in [4.78, 5) is 22.7. The minimum Gasteiger partial charge on any atom is -0.478 e. The highest BCUT2D eigenvalue weighted by molar-refractivity contribution is 5.96. The Bertz CT molecular complexity index is 586. The molecule has 2 N–H and O–H groups in total. The molecule has 0 heterocycles. The fourth-order valence-electron chi connectivity index (χ4n) is 2.47. The topological polar surface area (TPSA) is 66.4 Å². The molecule has 1 aromatic carbocycles. The SMILES string of the molecule is CCC1(NC(=O)c2cc(/C=C/C(=O)O)ccc2F)CCC1. The summed E-state index contributed by atoms with van der Waals surface area (Å²) in [5.74, 6) is -2.14. The highest BCUT2D eigenvalue weighted by Gasteiger charge is 2.36. The molecule has 0 radical (unpaired) electrons. The maximum absolute atomic E-state index is 13.8. The molecule has 1 aliphatic carbocycles. The molecule has 4 nitrogen and oxygen atoms in total. The first-order valence-electron chi connectivity index (χ1n) is 6.99. The third kappa shape index (κ3) is 3.48. The molecule has 112 valence electrons. The van der Waals surface area contributed by atoms with E-state index in [1.54, 1.807) is 0 Å². The molecule has 0 bridgehead atoms. The van der Waals surface area contributed by atoms with Crippen molar-refractivity contribution < 1.29 is 19.1 Å². The van der Waals surface area contributed by atoms with Gasteiger partial charge in [0.25, 0.3) is 5.91 Å². The lowest BCUT2D eigenvalue weighted by atomic mass is 9.74. The zero-order chi connectivity index (χ0) is 15.5. The van der Waals surface area contributed by atoms with Gasteiger partial charge in [0.05, 0.1) is 5.56 Å². The lowest BCUT2D eigenvalue weighted by molar-refractivity contribution is -0.131. The van der Waals surface area contributed by atoms with Crippen LogP contribution in [-0.2, 0) is 4.79 Å². The van der Waals surface area contributed by atoms with Gasteiger partial charge < -0.3 is 10.4 Å². The van der Waals surface area contributed by atoms with Crippen LogP contribution in [0.15, 0.2) is 24.3 Å². The number of hydrogen-bond donors (Lipinski definition) is 2. The summed E-state index contributed by atoms with van der Waals surface area (Å²) in [7, 11) is 0. The van der Waals surface area contributed by atoms with E-state index in [1.165, 1.54) is 24.3 Å². The molecule has 1 aliphatic rings. The summed E-state index contributed by atoms with van der Waals surface area (Å²) >= 11 is 0. The number of nitrogens with one attached hydrogen (secondary N) is 1. The van der Waals surface area contributed by atoms with Crippen molar-refractivity contribution in [3.05, 3.63) is 41.2 Å². The monoisotopic (exact) mass is 291 g/mol. The first kappa shape index (κ1) is 15.2. The van der Waals surface area contributed by atoms with Crippen LogP contribution in [0.3, 0.4) is 0 Å². The summed E-state index contributed by atoms with van der Waals surface area (Å²) in [6.07, 6.45) is 5.99. The van der Waals surface area contributed by atoms with Gasteiger partial charge in [-0.05, 0) is 49.5 Å². The van der Waals surface area contributed by atoms with E-state index in [1.807, 2.05) is 6.92 Å². The number of benzene rings is 1. The smallest absolute Gasteiger partial charge is 0.328 e. The van der Waals surface area contributed by atoms with E-state index in [2.05, 4.69) is 5.32 Å². The number of halogens is 1. The summed E-state index contributed by atoms with van der Waals surface area (Å²) in [6, 6.07) is 3.98. The van der Waals surface area contributed by atoms with Crippen molar-refractivity contribution in [2.75, 3.05) is 0 Å². The summed E-state index contributed by atoms with van der Waals surface area (Å²) < 4.78 is 13.8. The molecule has 0 aliphatic heterocycles. The molecule has 0 saturated heterocycles. The van der Waals surface area contributed by atoms with Gasteiger partial charge in [-0.25, -0.2) is 9.18 Å². The second-order valence-electron chi connectivity index (χ2n) is 5.35. The summed E-state index contributed by atoms with van der Waals surface area (Å²) in [5.41, 5.74) is 0.210. The number of carboxylic acid groups (broad SMARTS) is 1. The first-order valence-corrected chi connectivity index (χ1v) is 6.99. The van der Waals surface area contributed by atoms with E-state index < -0.39 is 17.7 Å². The van der Waals surface area contributed by atoms with E-state index >= 15 is 0 Å². The molecule has 0 spiro atoms. The number of amides is 1. The van der Waals surface area contributed by atoms with Crippen molar-refractivity contribution >= 4 is 18.0 Å². The predicted molar refractivity (Wildman–Crippen MR) is 77.4 cm³/mol. The van der Waals surface area contributed by atoms with Gasteiger partial charge in [0, 0.05) is 11.6 Å². The molecular formula is C16H18FNO3. The Hall–Kier alpha value is -2.17. The Morgan fingerprint density at radius 2 is 2.14 bits per heavy atom. The molecule has 0 unspecified atom stereocenters. The molecule has 1 aromatic rings. The van der Waals surface area contributed by atoms with E-state index in [4.69, 9.17) is 5.11 Å². The molecular weight excluding hydrogens is 273 g/mol. The molecule has 0 atom stereocenters. The third-order valence-electron chi connectivity index (χ3n) is 4.02. The number of aliphatic carboxylic acids is 1. The third-order valence-corrected chi connectivity index (χ3v) is 4.02. The average Bonchev–Trinajstić information content (AvgIpc) is 2.41. The van der Waals surface area contributed by atoms with E-state index in [-0.39, 0.29) is 11.1 Å². The molecule has 1 saturated carbocycles. The molecule has 21 heavy (non-hydrogen) atoms. The van der Waals surface area contributed by atoms with Gasteiger partial charge in [-0.1, -0.05) is 13.0 Å². The van der Waals surface area contributed by atoms with Gasteiger partial charge >= 0.3 is 5.97 Å². The molecule has 1 fully saturated rings. The van der Waals surface area contributed by atoms with Crippen LogP contribution >= 0.6 is 0 Å². The molecule has 2 rings (SSSR count). The Morgan fingerprint density at radius 1 is 1.43 bits per heavy atom. The molecule has 5 heteroatoms. The van der Waals surface area contributed by atoms with Crippen molar-refractivity contribution in [1.82, 2.24) is 5.32 Å². The van der Waals surface area contributed by atoms with Crippen molar-refractivity contribution in [3.63, 3.8) is 0 Å². The van der Waals surface area contributed by atoms with Crippen molar-refractivity contribution in [2.45, 2.75) is 38.1 Å². The van der Waals surface area contributed by atoms with Crippen LogP contribution in [0.4, 0.5) is 4.39 Å². The second-order valence-corrected chi connectivity index (χ2v) is 5.35. The van der Waals surface area contributed by atoms with Crippen LogP contribution in [0.1, 0.15) is 48.5 Å². The van der Waals surface area contributed by atoms with Gasteiger partial charge in [-0.15, -0.1) is 0 Å². The highest BCUT2D eigenvalue weighted by Crippen LogP contribution is 2.35. The normalized spacial score (nSPS) is 16.5. The molecule has 1 amide bonds. The lowest BCUT2D eigenvalue weighted by Gasteiger charge is -2.42. The van der Waals surface area contributed by atoms with Gasteiger partial charge in [-0.3, -0.25) is 4.79 Å². The number of rotatable bonds is 5. The lowest BCUT2D eigenvalue weighted by Crippen LogP contribution is -2.53. The van der Waals surface area contributed by atoms with Gasteiger partial charge in [-0.2, -0.15) is 0 Å². The Kier molecular flexibility index (Phi) is 4.40. The second kappa shape index (κ2) is 6.08. The largest absolute Gasteiger partial charge is 0.478 e.